The number of carbonyl (C=O) groups excluding carboxylic acids is 2. The van der Waals surface area contributed by atoms with E-state index in [1.807, 2.05) is 13.0 Å². The summed E-state index contributed by atoms with van der Waals surface area (Å²) >= 11 is 0. The molecule has 2 aromatic rings. The van der Waals surface area contributed by atoms with Gasteiger partial charge in [0.2, 0.25) is 10.0 Å². The number of rotatable bonds is 4. The summed E-state index contributed by atoms with van der Waals surface area (Å²) < 4.78 is 27.1. The minimum atomic E-state index is -3.66. The summed E-state index contributed by atoms with van der Waals surface area (Å²) in [5.41, 5.74) is 6.96. The molecule has 1 aromatic carbocycles. The van der Waals surface area contributed by atoms with Gasteiger partial charge in [0.25, 0.3) is 11.8 Å². The van der Waals surface area contributed by atoms with Gasteiger partial charge in [0, 0.05) is 18.8 Å². The van der Waals surface area contributed by atoms with Crippen molar-refractivity contribution in [3.63, 3.8) is 0 Å². The lowest BCUT2D eigenvalue weighted by atomic mass is 10.1. The molecular weight excluding hydrogens is 344 g/mol. The summed E-state index contributed by atoms with van der Waals surface area (Å²) in [4.78, 5) is 24.3. The summed E-state index contributed by atoms with van der Waals surface area (Å²) in [5, 5.41) is 0. The zero-order chi connectivity index (χ0) is 18.8. The monoisotopic (exact) mass is 364 g/mol. The van der Waals surface area contributed by atoms with E-state index in [9.17, 15) is 18.0 Å². The van der Waals surface area contributed by atoms with Gasteiger partial charge >= 0.3 is 0 Å². The van der Waals surface area contributed by atoms with Gasteiger partial charge in [-0.3, -0.25) is 20.4 Å². The Labute approximate surface area is 146 Å². The average Bonchev–Trinajstić information content (AvgIpc) is 2.95. The maximum absolute atomic E-state index is 12.2. The summed E-state index contributed by atoms with van der Waals surface area (Å²) in [6.07, 6.45) is 1.31. The van der Waals surface area contributed by atoms with E-state index in [2.05, 4.69) is 15.6 Å². The molecule has 0 spiro atoms. The molecular formula is C16H20N4O4S. The molecule has 134 valence electrons. The highest BCUT2D eigenvalue weighted by Crippen LogP contribution is 2.13. The Morgan fingerprint density at radius 1 is 1.04 bits per heavy atom. The van der Waals surface area contributed by atoms with E-state index in [-0.39, 0.29) is 10.6 Å². The van der Waals surface area contributed by atoms with E-state index >= 15 is 0 Å². The minimum Gasteiger partial charge on any atom is -0.345 e. The van der Waals surface area contributed by atoms with Gasteiger partial charge in [0.15, 0.2) is 0 Å². The number of nitrogens with one attached hydrogen (secondary N) is 3. The maximum atomic E-state index is 12.2. The molecule has 0 aliphatic heterocycles. The van der Waals surface area contributed by atoms with Gasteiger partial charge in [0.05, 0.1) is 0 Å². The van der Waals surface area contributed by atoms with Gasteiger partial charge in [-0.2, -0.15) is 0 Å². The van der Waals surface area contributed by atoms with Crippen LogP contribution < -0.4 is 15.6 Å². The largest absolute Gasteiger partial charge is 0.345 e. The molecule has 0 saturated carbocycles. The lowest BCUT2D eigenvalue weighted by Crippen LogP contribution is -2.42. The first-order valence-electron chi connectivity index (χ1n) is 7.43. The lowest BCUT2D eigenvalue weighted by molar-refractivity contribution is 0.0841. The van der Waals surface area contributed by atoms with Crippen molar-refractivity contribution in [1.82, 2.24) is 20.1 Å². The zero-order valence-electron chi connectivity index (χ0n) is 14.4. The van der Waals surface area contributed by atoms with Crippen LogP contribution in [0.3, 0.4) is 0 Å². The number of aromatic nitrogens is 1. The fourth-order valence-corrected chi connectivity index (χ4v) is 3.14. The highest BCUT2D eigenvalue weighted by molar-refractivity contribution is 7.89. The highest BCUT2D eigenvalue weighted by atomic mass is 32.2. The van der Waals surface area contributed by atoms with Crippen LogP contribution in [-0.4, -0.2) is 31.8 Å². The van der Waals surface area contributed by atoms with Crippen LogP contribution in [0.15, 0.2) is 35.4 Å². The van der Waals surface area contributed by atoms with E-state index < -0.39 is 21.8 Å². The van der Waals surface area contributed by atoms with Crippen molar-refractivity contribution in [2.24, 2.45) is 7.05 Å². The predicted molar refractivity (Wildman–Crippen MR) is 92.5 cm³/mol. The summed E-state index contributed by atoms with van der Waals surface area (Å²) in [6, 6.07) is 6.56. The second-order valence-corrected chi connectivity index (χ2v) is 7.49. The highest BCUT2D eigenvalue weighted by Gasteiger charge is 2.19. The number of hydrogen-bond acceptors (Lipinski definition) is 4. The molecule has 0 atom stereocenters. The zero-order valence-corrected chi connectivity index (χ0v) is 15.2. The number of aryl methyl sites for hydroxylation is 3. The van der Waals surface area contributed by atoms with Gasteiger partial charge in [-0.15, -0.1) is 0 Å². The van der Waals surface area contributed by atoms with Gasteiger partial charge in [-0.1, -0.05) is 17.7 Å². The van der Waals surface area contributed by atoms with Gasteiger partial charge in [-0.25, -0.2) is 13.1 Å². The third-order valence-corrected chi connectivity index (χ3v) is 5.09. The van der Waals surface area contributed by atoms with Crippen LogP contribution in [0.4, 0.5) is 0 Å². The second-order valence-electron chi connectivity index (χ2n) is 5.61. The molecule has 9 heteroatoms. The van der Waals surface area contributed by atoms with Crippen LogP contribution in [0.25, 0.3) is 0 Å². The van der Waals surface area contributed by atoms with Gasteiger partial charge < -0.3 is 4.57 Å². The SMILES string of the molecule is CNS(=O)(=O)c1cc(C(=O)NNC(=O)c2ccc(C)cc2C)n(C)c1. The molecule has 2 rings (SSSR count). The maximum Gasteiger partial charge on any atom is 0.286 e. The molecule has 1 aromatic heterocycles. The van der Waals surface area contributed by atoms with Crippen LogP contribution in [0.2, 0.25) is 0 Å². The Hall–Kier alpha value is -2.65. The number of carbonyl (C=O) groups is 2. The molecule has 0 saturated heterocycles. The van der Waals surface area contributed by atoms with Crippen molar-refractivity contribution in [1.29, 1.82) is 0 Å². The van der Waals surface area contributed by atoms with E-state index in [0.29, 0.717) is 5.56 Å². The van der Waals surface area contributed by atoms with E-state index in [0.717, 1.165) is 11.1 Å². The first-order valence-corrected chi connectivity index (χ1v) is 8.92. The molecule has 0 radical (unpaired) electrons. The Kier molecular flexibility index (Phi) is 5.29. The van der Waals surface area contributed by atoms with Crippen molar-refractivity contribution in [2.75, 3.05) is 7.05 Å². The molecule has 2 amide bonds. The van der Waals surface area contributed by atoms with Crippen LogP contribution in [0.1, 0.15) is 32.0 Å². The molecule has 0 bridgehead atoms. The number of nitrogens with zero attached hydrogens (tertiary/aromatic N) is 1. The van der Waals surface area contributed by atoms with Crippen LogP contribution in [0.5, 0.6) is 0 Å². The quantitative estimate of drug-likeness (QED) is 0.691. The van der Waals surface area contributed by atoms with E-state index in [1.165, 1.54) is 30.9 Å². The standard InChI is InChI=1S/C16H20N4O4S/c1-10-5-6-13(11(2)7-10)15(21)18-19-16(22)14-8-12(9-20(14)4)25(23,24)17-3/h5-9,17H,1-4H3,(H,18,21)(H,19,22). The topological polar surface area (TPSA) is 109 Å². The Morgan fingerprint density at radius 3 is 2.28 bits per heavy atom. The van der Waals surface area contributed by atoms with Crippen molar-refractivity contribution in [2.45, 2.75) is 18.7 Å². The number of amides is 2. The molecule has 1 heterocycles. The summed E-state index contributed by atoms with van der Waals surface area (Å²) in [5.74, 6) is -1.08. The smallest absolute Gasteiger partial charge is 0.286 e. The normalized spacial score (nSPS) is 11.2. The number of benzene rings is 1. The fraction of sp³-hybridized carbons (Fsp3) is 0.250. The third kappa shape index (κ3) is 4.06. The number of hydrogen-bond donors (Lipinski definition) is 3. The van der Waals surface area contributed by atoms with Crippen molar-refractivity contribution >= 4 is 21.8 Å². The fourth-order valence-electron chi connectivity index (χ4n) is 2.34. The lowest BCUT2D eigenvalue weighted by Gasteiger charge is -2.10. The second kappa shape index (κ2) is 7.08. The summed E-state index contributed by atoms with van der Waals surface area (Å²) in [6.45, 7) is 3.72. The first-order chi connectivity index (χ1) is 11.7. The van der Waals surface area contributed by atoms with Crippen molar-refractivity contribution < 1.29 is 18.0 Å². The van der Waals surface area contributed by atoms with Crippen LogP contribution in [0, 0.1) is 13.8 Å². The van der Waals surface area contributed by atoms with Gasteiger partial charge in [-0.05, 0) is 38.6 Å². The minimum absolute atomic E-state index is 0.0386. The number of hydrazine groups is 1. The van der Waals surface area contributed by atoms with E-state index in [4.69, 9.17) is 0 Å². The van der Waals surface area contributed by atoms with Gasteiger partial charge in [0.1, 0.15) is 10.6 Å². The molecule has 0 aliphatic carbocycles. The Bertz CT molecular complexity index is 932. The molecule has 25 heavy (non-hydrogen) atoms. The number of sulfonamides is 1. The molecule has 8 nitrogen and oxygen atoms in total. The van der Waals surface area contributed by atoms with Crippen molar-refractivity contribution in [3.05, 3.63) is 52.8 Å². The molecule has 3 N–H and O–H groups in total. The average molecular weight is 364 g/mol. The molecule has 0 unspecified atom stereocenters. The Morgan fingerprint density at radius 2 is 1.68 bits per heavy atom. The third-order valence-electron chi connectivity index (χ3n) is 3.71. The van der Waals surface area contributed by atoms with Crippen LogP contribution in [-0.2, 0) is 17.1 Å². The van der Waals surface area contributed by atoms with E-state index in [1.54, 1.807) is 19.1 Å². The van der Waals surface area contributed by atoms with Crippen LogP contribution >= 0.6 is 0 Å². The molecule has 0 fully saturated rings. The first kappa shape index (κ1) is 18.7. The van der Waals surface area contributed by atoms with Crippen molar-refractivity contribution in [3.8, 4) is 0 Å². The summed E-state index contributed by atoms with van der Waals surface area (Å²) in [7, 11) is -0.834. The Balaban J connectivity index is 2.11. The predicted octanol–water partition coefficient (Wildman–Crippen LogP) is 0.625. The molecule has 0 aliphatic rings.